The van der Waals surface area contributed by atoms with Crippen LogP contribution < -0.4 is 0 Å². The molecule has 1 unspecified atom stereocenters. The maximum atomic E-state index is 13.9. The minimum atomic E-state index is -0.792. The Morgan fingerprint density at radius 2 is 2.23 bits per heavy atom. The summed E-state index contributed by atoms with van der Waals surface area (Å²) in [6.07, 6.45) is 3.88. The van der Waals surface area contributed by atoms with E-state index in [0.717, 1.165) is 49.7 Å². The number of aryl methyl sites for hydroxylation is 1. The lowest BCUT2D eigenvalue weighted by atomic mass is 10.1. The van der Waals surface area contributed by atoms with E-state index >= 15 is 0 Å². The largest absolute Gasteiger partial charge is 0.361 e. The molecule has 5 heteroatoms. The summed E-state index contributed by atoms with van der Waals surface area (Å²) in [5.74, 6) is -0.652. The highest BCUT2D eigenvalue weighted by atomic mass is 19.2. The van der Waals surface area contributed by atoms with Gasteiger partial charge in [0.25, 0.3) is 0 Å². The Labute approximate surface area is 128 Å². The summed E-state index contributed by atoms with van der Waals surface area (Å²) >= 11 is 0. The minimum absolute atomic E-state index is 0.122. The van der Waals surface area contributed by atoms with Gasteiger partial charge < -0.3 is 4.52 Å². The van der Waals surface area contributed by atoms with Crippen molar-refractivity contribution in [3.63, 3.8) is 0 Å². The first-order valence-corrected chi connectivity index (χ1v) is 7.81. The van der Waals surface area contributed by atoms with Crippen molar-refractivity contribution >= 4 is 0 Å². The molecule has 1 aliphatic heterocycles. The van der Waals surface area contributed by atoms with Gasteiger partial charge in [0.1, 0.15) is 11.5 Å². The van der Waals surface area contributed by atoms with E-state index in [9.17, 15) is 8.78 Å². The van der Waals surface area contributed by atoms with Crippen molar-refractivity contribution in [2.45, 2.75) is 45.2 Å². The van der Waals surface area contributed by atoms with Crippen LogP contribution >= 0.6 is 0 Å². The van der Waals surface area contributed by atoms with Crippen LogP contribution in [0.2, 0.25) is 0 Å². The third-order valence-electron chi connectivity index (χ3n) is 4.18. The van der Waals surface area contributed by atoms with Gasteiger partial charge in [0.15, 0.2) is 11.6 Å². The van der Waals surface area contributed by atoms with Gasteiger partial charge in [0, 0.05) is 24.6 Å². The Balaban J connectivity index is 1.76. The van der Waals surface area contributed by atoms with Gasteiger partial charge in [-0.3, -0.25) is 4.90 Å². The molecule has 0 bridgehead atoms. The van der Waals surface area contributed by atoms with Crippen LogP contribution in [0.3, 0.4) is 0 Å². The third-order valence-corrected chi connectivity index (χ3v) is 4.18. The fraction of sp³-hybridized carbons (Fsp3) is 0.471. The molecule has 0 spiro atoms. The van der Waals surface area contributed by atoms with Crippen LogP contribution in [0, 0.1) is 11.6 Å². The van der Waals surface area contributed by atoms with Crippen LogP contribution in [-0.4, -0.2) is 16.6 Å². The van der Waals surface area contributed by atoms with Crippen molar-refractivity contribution in [2.24, 2.45) is 0 Å². The number of hydrogen-bond acceptors (Lipinski definition) is 3. The van der Waals surface area contributed by atoms with Crippen molar-refractivity contribution in [1.29, 1.82) is 0 Å². The average Bonchev–Trinajstić information content (AvgIpc) is 3.13. The lowest BCUT2D eigenvalue weighted by molar-refractivity contribution is 0.232. The lowest BCUT2D eigenvalue weighted by Crippen LogP contribution is -2.23. The van der Waals surface area contributed by atoms with Crippen LogP contribution in [0.4, 0.5) is 8.78 Å². The second kappa shape index (κ2) is 6.57. The van der Waals surface area contributed by atoms with Crippen molar-refractivity contribution in [3.05, 3.63) is 52.9 Å². The minimum Gasteiger partial charge on any atom is -0.361 e. The van der Waals surface area contributed by atoms with Gasteiger partial charge in [-0.25, -0.2) is 8.78 Å². The summed E-state index contributed by atoms with van der Waals surface area (Å²) in [5, 5.41) is 4.16. The second-order valence-electron chi connectivity index (χ2n) is 5.81. The molecule has 1 saturated heterocycles. The Morgan fingerprint density at radius 1 is 1.36 bits per heavy atom. The van der Waals surface area contributed by atoms with E-state index in [1.54, 1.807) is 12.1 Å². The predicted octanol–water partition coefficient (Wildman–Crippen LogP) is 4.24. The molecule has 0 N–H and O–H groups in total. The molecule has 0 amide bonds. The summed E-state index contributed by atoms with van der Waals surface area (Å²) in [7, 11) is 0. The summed E-state index contributed by atoms with van der Waals surface area (Å²) in [5.41, 5.74) is 1.29. The van der Waals surface area contributed by atoms with Crippen molar-refractivity contribution < 1.29 is 13.3 Å². The molecule has 1 aromatic heterocycles. The topological polar surface area (TPSA) is 29.3 Å². The molecule has 2 heterocycles. The van der Waals surface area contributed by atoms with Crippen LogP contribution in [0.1, 0.15) is 49.2 Å². The molecule has 0 saturated carbocycles. The van der Waals surface area contributed by atoms with E-state index in [1.165, 1.54) is 0 Å². The number of halogens is 2. The molecule has 1 atom stereocenters. The number of hydrogen-bond donors (Lipinski definition) is 0. The van der Waals surface area contributed by atoms with Gasteiger partial charge in [0.05, 0.1) is 6.04 Å². The van der Waals surface area contributed by atoms with Crippen LogP contribution in [-0.2, 0) is 13.0 Å². The molecule has 22 heavy (non-hydrogen) atoms. The Kier molecular flexibility index (Phi) is 4.52. The van der Waals surface area contributed by atoms with Gasteiger partial charge in [0.2, 0.25) is 0 Å². The number of aromatic nitrogens is 1. The highest BCUT2D eigenvalue weighted by Gasteiger charge is 2.29. The first-order valence-electron chi connectivity index (χ1n) is 7.81. The molecule has 118 valence electrons. The molecule has 3 rings (SSSR count). The molecule has 0 aliphatic carbocycles. The summed E-state index contributed by atoms with van der Waals surface area (Å²) in [6.45, 7) is 3.34. The SMILES string of the molecule is CCCc1cc(C2CCCN2Cc2cccc(F)c2F)no1. The Morgan fingerprint density at radius 3 is 3.05 bits per heavy atom. The maximum absolute atomic E-state index is 13.9. The number of likely N-dealkylation sites (tertiary alicyclic amines) is 1. The summed E-state index contributed by atoms with van der Waals surface area (Å²) < 4.78 is 32.5. The summed E-state index contributed by atoms with van der Waals surface area (Å²) in [4.78, 5) is 2.14. The molecule has 1 fully saturated rings. The molecular formula is C17H20F2N2O. The van der Waals surface area contributed by atoms with Crippen LogP contribution in [0.15, 0.2) is 28.8 Å². The highest BCUT2D eigenvalue weighted by Crippen LogP contribution is 2.33. The van der Waals surface area contributed by atoms with E-state index in [2.05, 4.69) is 17.0 Å². The van der Waals surface area contributed by atoms with Crippen LogP contribution in [0.25, 0.3) is 0 Å². The molecule has 1 aliphatic rings. The first-order chi connectivity index (χ1) is 10.7. The second-order valence-corrected chi connectivity index (χ2v) is 5.81. The van der Waals surface area contributed by atoms with Crippen molar-refractivity contribution in [3.8, 4) is 0 Å². The average molecular weight is 306 g/mol. The monoisotopic (exact) mass is 306 g/mol. The quantitative estimate of drug-likeness (QED) is 0.827. The van der Waals surface area contributed by atoms with Gasteiger partial charge in [-0.1, -0.05) is 24.2 Å². The van der Waals surface area contributed by atoms with Gasteiger partial charge in [-0.15, -0.1) is 0 Å². The molecule has 1 aromatic carbocycles. The van der Waals surface area contributed by atoms with Crippen LogP contribution in [0.5, 0.6) is 0 Å². The molecule has 3 nitrogen and oxygen atoms in total. The van der Waals surface area contributed by atoms with E-state index < -0.39 is 11.6 Å². The third kappa shape index (κ3) is 3.04. The Hall–Kier alpha value is -1.75. The summed E-state index contributed by atoms with van der Waals surface area (Å²) in [6, 6.07) is 6.45. The predicted molar refractivity (Wildman–Crippen MR) is 79.2 cm³/mol. The molecular weight excluding hydrogens is 286 g/mol. The maximum Gasteiger partial charge on any atom is 0.163 e. The van der Waals surface area contributed by atoms with Gasteiger partial charge in [-0.05, 0) is 31.9 Å². The zero-order chi connectivity index (χ0) is 15.5. The molecule has 0 radical (unpaired) electrons. The number of nitrogens with zero attached hydrogens (tertiary/aromatic N) is 2. The molecule has 2 aromatic rings. The van der Waals surface area contributed by atoms with E-state index in [1.807, 2.05) is 6.07 Å². The zero-order valence-electron chi connectivity index (χ0n) is 12.7. The van der Waals surface area contributed by atoms with E-state index in [0.29, 0.717) is 12.1 Å². The van der Waals surface area contributed by atoms with Gasteiger partial charge in [-0.2, -0.15) is 0 Å². The zero-order valence-corrected chi connectivity index (χ0v) is 12.7. The Bertz CT molecular complexity index is 641. The van der Waals surface area contributed by atoms with E-state index in [-0.39, 0.29) is 6.04 Å². The van der Waals surface area contributed by atoms with E-state index in [4.69, 9.17) is 4.52 Å². The van der Waals surface area contributed by atoms with Gasteiger partial charge >= 0.3 is 0 Å². The normalized spacial score (nSPS) is 19.0. The number of benzene rings is 1. The highest BCUT2D eigenvalue weighted by molar-refractivity contribution is 5.20. The lowest BCUT2D eigenvalue weighted by Gasteiger charge is -2.22. The van der Waals surface area contributed by atoms with Crippen molar-refractivity contribution in [1.82, 2.24) is 10.1 Å². The smallest absolute Gasteiger partial charge is 0.163 e. The van der Waals surface area contributed by atoms with Crippen molar-refractivity contribution in [2.75, 3.05) is 6.54 Å². The number of rotatable bonds is 5. The standard InChI is InChI=1S/C17H20F2N2O/c1-2-5-13-10-15(20-22-13)16-8-4-9-21(16)11-12-6-3-7-14(18)17(12)19/h3,6-7,10,16H,2,4-5,8-9,11H2,1H3. The fourth-order valence-corrected chi connectivity index (χ4v) is 3.09. The first kappa shape index (κ1) is 15.2. The fourth-order valence-electron chi connectivity index (χ4n) is 3.09.